The highest BCUT2D eigenvalue weighted by Gasteiger charge is 1.83. The van der Waals surface area contributed by atoms with Crippen molar-refractivity contribution < 1.29 is 0 Å². The van der Waals surface area contributed by atoms with Gasteiger partial charge in [-0.2, -0.15) is 0 Å². The Morgan fingerprint density at radius 2 is 1.76 bits per heavy atom. The van der Waals surface area contributed by atoms with Gasteiger partial charge < -0.3 is 5.32 Å². The average molecular weight is 233 g/mol. The van der Waals surface area contributed by atoms with Gasteiger partial charge >= 0.3 is 0 Å². The molecule has 1 heteroatoms. The van der Waals surface area contributed by atoms with E-state index in [2.05, 4.69) is 37.5 Å². The van der Waals surface area contributed by atoms with Crippen molar-refractivity contribution in [2.24, 2.45) is 0 Å². The van der Waals surface area contributed by atoms with E-state index >= 15 is 0 Å². The molecule has 0 bridgehead atoms. The SMILES string of the molecule is C=CCCC(=C)NC.CC.Cc1ccccc1. The second-order valence-corrected chi connectivity index (χ2v) is 3.34. The van der Waals surface area contributed by atoms with E-state index in [1.54, 1.807) is 0 Å². The first-order chi connectivity index (χ1) is 8.20. The molecular weight excluding hydrogens is 206 g/mol. The number of benzene rings is 1. The maximum Gasteiger partial charge on any atom is 0.00341 e. The Labute approximate surface area is 107 Å². The topological polar surface area (TPSA) is 12.0 Å². The quantitative estimate of drug-likeness (QED) is 0.743. The van der Waals surface area contributed by atoms with Crippen molar-refractivity contribution >= 4 is 0 Å². The number of allylic oxidation sites excluding steroid dienone is 2. The first-order valence-corrected chi connectivity index (χ1v) is 6.18. The molecule has 0 saturated carbocycles. The van der Waals surface area contributed by atoms with Crippen LogP contribution in [0.25, 0.3) is 0 Å². The molecule has 0 atom stereocenters. The lowest BCUT2D eigenvalue weighted by Crippen LogP contribution is -2.02. The summed E-state index contributed by atoms with van der Waals surface area (Å²) in [6.07, 6.45) is 3.90. The predicted octanol–water partition coefficient (Wildman–Crippen LogP) is 4.71. The van der Waals surface area contributed by atoms with Crippen LogP contribution in [-0.2, 0) is 0 Å². The van der Waals surface area contributed by atoms with Crippen LogP contribution in [-0.4, -0.2) is 7.05 Å². The minimum Gasteiger partial charge on any atom is -0.392 e. The molecule has 0 fully saturated rings. The second-order valence-electron chi connectivity index (χ2n) is 3.34. The fraction of sp³-hybridized carbons (Fsp3) is 0.375. The summed E-state index contributed by atoms with van der Waals surface area (Å²) in [5.41, 5.74) is 2.40. The molecule has 0 aliphatic rings. The summed E-state index contributed by atoms with van der Waals surface area (Å²) in [7, 11) is 1.88. The lowest BCUT2D eigenvalue weighted by molar-refractivity contribution is 0.859. The molecule has 96 valence electrons. The Morgan fingerprint density at radius 3 is 2.06 bits per heavy atom. The minimum atomic E-state index is 1.00. The van der Waals surface area contributed by atoms with Gasteiger partial charge in [0.05, 0.1) is 0 Å². The molecule has 1 N–H and O–H groups in total. The lowest BCUT2D eigenvalue weighted by atomic mass is 10.2. The Hall–Kier alpha value is -1.50. The van der Waals surface area contributed by atoms with Crippen LogP contribution in [0.2, 0.25) is 0 Å². The monoisotopic (exact) mass is 233 g/mol. The van der Waals surface area contributed by atoms with Gasteiger partial charge in [0.2, 0.25) is 0 Å². The number of nitrogens with one attached hydrogen (secondary N) is 1. The van der Waals surface area contributed by atoms with E-state index in [0.29, 0.717) is 0 Å². The summed E-state index contributed by atoms with van der Waals surface area (Å²) in [6.45, 7) is 13.4. The van der Waals surface area contributed by atoms with Crippen molar-refractivity contribution in [2.75, 3.05) is 7.05 Å². The van der Waals surface area contributed by atoms with E-state index in [-0.39, 0.29) is 0 Å². The lowest BCUT2D eigenvalue weighted by Gasteiger charge is -1.99. The minimum absolute atomic E-state index is 1.00. The van der Waals surface area contributed by atoms with Gasteiger partial charge in [-0.15, -0.1) is 6.58 Å². The van der Waals surface area contributed by atoms with E-state index in [4.69, 9.17) is 0 Å². The molecule has 0 unspecified atom stereocenters. The largest absolute Gasteiger partial charge is 0.392 e. The van der Waals surface area contributed by atoms with Gasteiger partial charge in [0.25, 0.3) is 0 Å². The van der Waals surface area contributed by atoms with Gasteiger partial charge in [0.15, 0.2) is 0 Å². The molecule has 1 aromatic carbocycles. The molecule has 0 radical (unpaired) electrons. The van der Waals surface area contributed by atoms with Crippen molar-refractivity contribution in [2.45, 2.75) is 33.6 Å². The zero-order chi connectivity index (χ0) is 13.5. The van der Waals surface area contributed by atoms with Crippen LogP contribution in [0.4, 0.5) is 0 Å². The molecule has 17 heavy (non-hydrogen) atoms. The van der Waals surface area contributed by atoms with Gasteiger partial charge in [-0.25, -0.2) is 0 Å². The molecule has 1 rings (SSSR count). The van der Waals surface area contributed by atoms with Crippen LogP contribution in [0.15, 0.2) is 55.3 Å². The second kappa shape index (κ2) is 14.5. The van der Waals surface area contributed by atoms with Gasteiger partial charge in [-0.3, -0.25) is 0 Å². The van der Waals surface area contributed by atoms with E-state index in [9.17, 15) is 0 Å². The molecule has 0 saturated heterocycles. The van der Waals surface area contributed by atoms with E-state index in [0.717, 1.165) is 18.5 Å². The molecule has 1 aromatic rings. The third kappa shape index (κ3) is 14.5. The summed E-state index contributed by atoms with van der Waals surface area (Å²) < 4.78 is 0. The van der Waals surface area contributed by atoms with E-state index in [1.807, 2.05) is 45.2 Å². The Bertz CT molecular complexity index is 275. The predicted molar refractivity (Wildman–Crippen MR) is 80.2 cm³/mol. The van der Waals surface area contributed by atoms with E-state index in [1.165, 1.54) is 5.56 Å². The summed E-state index contributed by atoms with van der Waals surface area (Å²) in [5, 5.41) is 2.96. The fourth-order valence-electron chi connectivity index (χ4n) is 0.936. The molecule has 0 amide bonds. The van der Waals surface area contributed by atoms with Crippen LogP contribution in [0.1, 0.15) is 32.3 Å². The molecule has 0 heterocycles. The van der Waals surface area contributed by atoms with Gasteiger partial charge in [-0.1, -0.05) is 62.4 Å². The summed E-state index contributed by atoms with van der Waals surface area (Å²) in [5.74, 6) is 0. The fourth-order valence-corrected chi connectivity index (χ4v) is 0.936. The van der Waals surface area contributed by atoms with Gasteiger partial charge in [0, 0.05) is 12.7 Å². The zero-order valence-corrected chi connectivity index (χ0v) is 11.8. The van der Waals surface area contributed by atoms with Crippen LogP contribution >= 0.6 is 0 Å². The number of hydrogen-bond acceptors (Lipinski definition) is 1. The molecule has 1 nitrogen and oxygen atoms in total. The van der Waals surface area contributed by atoms with Crippen molar-refractivity contribution in [1.29, 1.82) is 0 Å². The standard InChI is InChI=1S/C7H13N.C7H8.C2H6/c1-4-5-6-7(2)8-3;1-7-5-3-2-4-6-7;1-2/h4,8H,1-2,5-6H2,3H3;2-6H,1H3;1-2H3. The van der Waals surface area contributed by atoms with Crippen LogP contribution in [0.3, 0.4) is 0 Å². The maximum absolute atomic E-state index is 3.75. The van der Waals surface area contributed by atoms with Crippen LogP contribution in [0, 0.1) is 6.92 Å². The van der Waals surface area contributed by atoms with Gasteiger partial charge in [-0.05, 0) is 19.8 Å². The van der Waals surface area contributed by atoms with Gasteiger partial charge in [0.1, 0.15) is 0 Å². The molecule has 0 aromatic heterocycles. The summed E-state index contributed by atoms with van der Waals surface area (Å²) in [6, 6.07) is 10.3. The zero-order valence-electron chi connectivity index (χ0n) is 11.8. The Balaban J connectivity index is 0. The van der Waals surface area contributed by atoms with Crippen molar-refractivity contribution in [1.82, 2.24) is 5.32 Å². The molecule has 0 spiro atoms. The van der Waals surface area contributed by atoms with Crippen molar-refractivity contribution in [3.05, 3.63) is 60.8 Å². The highest BCUT2D eigenvalue weighted by Crippen LogP contribution is 1.96. The van der Waals surface area contributed by atoms with Crippen LogP contribution < -0.4 is 5.32 Å². The van der Waals surface area contributed by atoms with Crippen molar-refractivity contribution in [3.8, 4) is 0 Å². The highest BCUT2D eigenvalue weighted by atomic mass is 14.8. The smallest absolute Gasteiger partial charge is 0.00341 e. The molecule has 0 aliphatic carbocycles. The Kier molecular flexibility index (Phi) is 15.3. The van der Waals surface area contributed by atoms with Crippen molar-refractivity contribution in [3.63, 3.8) is 0 Å². The third-order valence-corrected chi connectivity index (χ3v) is 1.94. The average Bonchev–Trinajstić information content (AvgIpc) is 2.40. The summed E-state index contributed by atoms with van der Waals surface area (Å²) in [4.78, 5) is 0. The number of aryl methyl sites for hydroxylation is 1. The van der Waals surface area contributed by atoms with Crippen LogP contribution in [0.5, 0.6) is 0 Å². The number of hydrogen-bond donors (Lipinski definition) is 1. The first-order valence-electron chi connectivity index (χ1n) is 6.18. The maximum atomic E-state index is 3.75. The van der Waals surface area contributed by atoms with E-state index < -0.39 is 0 Å². The molecule has 0 aliphatic heterocycles. The summed E-state index contributed by atoms with van der Waals surface area (Å²) >= 11 is 0. The normalized spacial score (nSPS) is 7.76. The Morgan fingerprint density at radius 1 is 1.24 bits per heavy atom. The highest BCUT2D eigenvalue weighted by molar-refractivity contribution is 5.11. The third-order valence-electron chi connectivity index (χ3n) is 1.94. The first kappa shape index (κ1) is 17.9. The molecular formula is C16H27N. The number of rotatable bonds is 4.